The number of rotatable bonds is 6. The van der Waals surface area contributed by atoms with Crippen LogP contribution in [0.1, 0.15) is 12.0 Å². The van der Waals surface area contributed by atoms with Crippen LogP contribution in [-0.4, -0.2) is 52.4 Å². The number of hydrogen-bond acceptors (Lipinski definition) is 7. The van der Waals surface area contributed by atoms with Gasteiger partial charge in [-0.3, -0.25) is 0 Å². The highest BCUT2D eigenvalue weighted by atomic mass is 35.5. The Labute approximate surface area is 219 Å². The zero-order chi connectivity index (χ0) is 26.3. The van der Waals surface area contributed by atoms with Crippen molar-refractivity contribution in [1.82, 2.24) is 9.78 Å². The summed E-state index contributed by atoms with van der Waals surface area (Å²) in [4.78, 5) is -0.565. The highest BCUT2D eigenvalue weighted by Crippen LogP contribution is 2.49. The second kappa shape index (κ2) is 10.0. The standard InChI is InChI=1S/C25H19ClF3N3O4S/c1-34-12-25(37-21-6-16(26)3-2-13(21)8-30)7-19(23-24(36-25)20(33)11-35-23)32-10-15(9-31-32)14-4-17(27)22(29)18(28)5-14/h2-6,9-10,20,24,33H,7,11-12H2,1H3. The average Bonchev–Trinajstić information content (AvgIpc) is 3.50. The van der Waals surface area contributed by atoms with E-state index in [-0.39, 0.29) is 25.2 Å². The molecule has 3 aromatic rings. The molecule has 192 valence electrons. The van der Waals surface area contributed by atoms with E-state index in [0.29, 0.717) is 32.5 Å². The normalized spacial score (nSPS) is 23.1. The van der Waals surface area contributed by atoms with E-state index in [1.165, 1.54) is 35.9 Å². The number of methoxy groups -OCH3 is 1. The van der Waals surface area contributed by atoms with Crippen molar-refractivity contribution in [3.8, 4) is 17.2 Å². The van der Waals surface area contributed by atoms with Gasteiger partial charge in [0.2, 0.25) is 0 Å². The van der Waals surface area contributed by atoms with Gasteiger partial charge in [0, 0.05) is 35.2 Å². The summed E-state index contributed by atoms with van der Waals surface area (Å²) >= 11 is 7.41. The molecule has 7 nitrogen and oxygen atoms in total. The van der Waals surface area contributed by atoms with Gasteiger partial charge >= 0.3 is 0 Å². The van der Waals surface area contributed by atoms with Crippen molar-refractivity contribution in [3.63, 3.8) is 0 Å². The fourth-order valence-corrected chi connectivity index (χ4v) is 5.90. The van der Waals surface area contributed by atoms with Crippen molar-refractivity contribution in [1.29, 1.82) is 5.26 Å². The monoisotopic (exact) mass is 549 g/mol. The molecule has 3 unspecified atom stereocenters. The summed E-state index contributed by atoms with van der Waals surface area (Å²) < 4.78 is 60.1. The van der Waals surface area contributed by atoms with Crippen molar-refractivity contribution >= 4 is 29.1 Å². The van der Waals surface area contributed by atoms with Crippen molar-refractivity contribution in [3.05, 3.63) is 76.5 Å². The van der Waals surface area contributed by atoms with Gasteiger partial charge in [-0.2, -0.15) is 10.4 Å². The van der Waals surface area contributed by atoms with Crippen LogP contribution in [0.4, 0.5) is 13.2 Å². The topological polar surface area (TPSA) is 89.5 Å². The molecule has 0 bridgehead atoms. The molecule has 2 aliphatic rings. The predicted octanol–water partition coefficient (Wildman–Crippen LogP) is 4.98. The van der Waals surface area contributed by atoms with Gasteiger partial charge in [0.25, 0.3) is 0 Å². The Morgan fingerprint density at radius 2 is 2.03 bits per heavy atom. The van der Waals surface area contributed by atoms with Crippen LogP contribution in [0, 0.1) is 28.8 Å². The molecule has 0 radical (unpaired) electrons. The molecule has 37 heavy (non-hydrogen) atoms. The first-order chi connectivity index (χ1) is 17.7. The Balaban J connectivity index is 1.56. The molecule has 3 atom stereocenters. The number of nitrogens with zero attached hydrogens (tertiary/aromatic N) is 3. The molecule has 0 saturated carbocycles. The molecule has 1 fully saturated rings. The van der Waals surface area contributed by atoms with Gasteiger partial charge in [0.05, 0.1) is 24.1 Å². The summed E-state index contributed by atoms with van der Waals surface area (Å²) in [6.45, 7) is 0.0535. The number of nitriles is 1. The minimum Gasteiger partial charge on any atom is -0.490 e. The second-order valence-corrected chi connectivity index (χ2v) is 10.4. The van der Waals surface area contributed by atoms with Crippen molar-refractivity contribution in [2.45, 2.75) is 28.5 Å². The van der Waals surface area contributed by atoms with Gasteiger partial charge in [-0.05, 0) is 35.9 Å². The summed E-state index contributed by atoms with van der Waals surface area (Å²) in [5.74, 6) is -3.83. The molecule has 2 aromatic carbocycles. The third kappa shape index (κ3) is 4.83. The molecular formula is C25H19ClF3N3O4S. The molecule has 1 saturated heterocycles. The van der Waals surface area contributed by atoms with E-state index < -0.39 is 34.6 Å². The van der Waals surface area contributed by atoms with Crippen molar-refractivity contribution in [2.75, 3.05) is 20.3 Å². The van der Waals surface area contributed by atoms with Crippen molar-refractivity contribution < 1.29 is 32.5 Å². The number of halogens is 4. The molecule has 0 aliphatic carbocycles. The highest BCUT2D eigenvalue weighted by molar-refractivity contribution is 8.00. The van der Waals surface area contributed by atoms with E-state index in [1.807, 2.05) is 0 Å². The maximum atomic E-state index is 13.8. The number of benzene rings is 2. The molecule has 0 spiro atoms. The molecule has 0 amide bonds. The van der Waals surface area contributed by atoms with Crippen LogP contribution in [0.2, 0.25) is 5.02 Å². The van der Waals surface area contributed by atoms with E-state index in [0.717, 1.165) is 12.1 Å². The minimum absolute atomic E-state index is 0.0135. The number of ether oxygens (including phenoxy) is 3. The Morgan fingerprint density at radius 1 is 1.27 bits per heavy atom. The summed E-state index contributed by atoms with van der Waals surface area (Å²) in [6.07, 6.45) is 1.23. The lowest BCUT2D eigenvalue weighted by atomic mass is 10.0. The molecule has 3 heterocycles. The lowest BCUT2D eigenvalue weighted by Crippen LogP contribution is -2.45. The number of aromatic nitrogens is 2. The van der Waals surface area contributed by atoms with E-state index in [9.17, 15) is 23.5 Å². The first kappa shape index (κ1) is 25.6. The fraction of sp³-hybridized carbons (Fsp3) is 0.280. The maximum Gasteiger partial charge on any atom is 0.194 e. The highest BCUT2D eigenvalue weighted by Gasteiger charge is 2.50. The maximum absolute atomic E-state index is 13.8. The minimum atomic E-state index is -1.55. The molecule has 1 N–H and O–H groups in total. The van der Waals surface area contributed by atoms with Gasteiger partial charge in [-0.15, -0.1) is 0 Å². The average molecular weight is 550 g/mol. The summed E-state index contributed by atoms with van der Waals surface area (Å²) in [5, 5.41) is 25.0. The molecule has 5 rings (SSSR count). The zero-order valence-corrected chi connectivity index (χ0v) is 20.8. The Hall–Kier alpha value is -3.01. The number of thioether (sulfide) groups is 1. The van der Waals surface area contributed by atoms with Crippen LogP contribution < -0.4 is 0 Å². The molecule has 2 aliphatic heterocycles. The molecule has 12 heteroatoms. The summed E-state index contributed by atoms with van der Waals surface area (Å²) in [6, 6.07) is 8.76. The Kier molecular flexibility index (Phi) is 6.95. The van der Waals surface area contributed by atoms with Gasteiger partial charge in [0.1, 0.15) is 35.6 Å². The zero-order valence-electron chi connectivity index (χ0n) is 19.3. The molecule has 1 aromatic heterocycles. The van der Waals surface area contributed by atoms with E-state index in [4.69, 9.17) is 25.8 Å². The number of hydrogen-bond donors (Lipinski definition) is 1. The van der Waals surface area contributed by atoms with Gasteiger partial charge in [-0.1, -0.05) is 23.4 Å². The van der Waals surface area contributed by atoms with Crippen LogP contribution in [0.5, 0.6) is 0 Å². The van der Waals surface area contributed by atoms with Crippen LogP contribution in [0.25, 0.3) is 16.8 Å². The largest absolute Gasteiger partial charge is 0.490 e. The number of aliphatic hydroxyl groups is 1. The second-order valence-electron chi connectivity index (χ2n) is 8.53. The Morgan fingerprint density at radius 3 is 2.73 bits per heavy atom. The van der Waals surface area contributed by atoms with Gasteiger partial charge < -0.3 is 19.3 Å². The van der Waals surface area contributed by atoms with Crippen molar-refractivity contribution in [2.24, 2.45) is 0 Å². The smallest absolute Gasteiger partial charge is 0.194 e. The van der Waals surface area contributed by atoms with Crippen LogP contribution in [0.15, 0.2) is 53.4 Å². The predicted molar refractivity (Wildman–Crippen MR) is 129 cm³/mol. The van der Waals surface area contributed by atoms with Crippen LogP contribution in [-0.2, 0) is 14.2 Å². The van der Waals surface area contributed by atoms with E-state index >= 15 is 0 Å². The fourth-order valence-electron chi connectivity index (χ4n) is 4.32. The lowest BCUT2D eigenvalue weighted by molar-refractivity contribution is -0.0920. The van der Waals surface area contributed by atoms with Gasteiger partial charge in [-0.25, -0.2) is 17.9 Å². The number of fused-ring (bicyclic) bond motifs is 1. The van der Waals surface area contributed by atoms with E-state index in [2.05, 4.69) is 11.2 Å². The number of aliphatic hydroxyl groups excluding tert-OH is 1. The summed E-state index contributed by atoms with van der Waals surface area (Å²) in [7, 11) is 1.50. The lowest BCUT2D eigenvalue weighted by Gasteiger charge is -2.40. The van der Waals surface area contributed by atoms with Crippen LogP contribution in [0.3, 0.4) is 0 Å². The third-order valence-corrected chi connectivity index (χ3v) is 7.50. The summed E-state index contributed by atoms with van der Waals surface area (Å²) in [5.41, 5.74) is 1.33. The van der Waals surface area contributed by atoms with Crippen LogP contribution >= 0.6 is 23.4 Å². The first-order valence-corrected chi connectivity index (χ1v) is 12.2. The third-order valence-electron chi connectivity index (χ3n) is 5.98. The van der Waals surface area contributed by atoms with Gasteiger partial charge in [0.15, 0.2) is 17.5 Å². The SMILES string of the molecule is COCC1(Sc2cc(Cl)ccc2C#N)CC(n2cc(-c3cc(F)c(F)c(F)c3)cn2)=C2OCC(O)C2O1. The first-order valence-electron chi connectivity index (χ1n) is 11.0. The molecular weight excluding hydrogens is 531 g/mol. The Bertz CT molecular complexity index is 1420. The quantitative estimate of drug-likeness (QED) is 0.434. The van der Waals surface area contributed by atoms with E-state index in [1.54, 1.807) is 18.2 Å².